The van der Waals surface area contributed by atoms with E-state index in [0.717, 1.165) is 16.9 Å². The molecule has 1 aromatic heterocycles. The summed E-state index contributed by atoms with van der Waals surface area (Å²) in [5.41, 5.74) is 2.56. The number of allylic oxidation sites excluding steroid dienone is 2. The summed E-state index contributed by atoms with van der Waals surface area (Å²) in [5.74, 6) is 1.44. The number of amides is 1. The number of methoxy groups -OCH3 is 1. The Hall–Kier alpha value is -2.95. The molecule has 2 aromatic rings. The SMILES string of the molecule is COc1ccc(/C=C2\C=CN(C(=O)OC(C)C)c3ccoc32)cc1. The van der Waals surface area contributed by atoms with Crippen molar-refractivity contribution in [2.75, 3.05) is 12.0 Å². The van der Waals surface area contributed by atoms with Crippen LogP contribution in [0.25, 0.3) is 11.6 Å². The summed E-state index contributed by atoms with van der Waals surface area (Å²) in [4.78, 5) is 13.6. The minimum atomic E-state index is -0.424. The molecule has 0 atom stereocenters. The van der Waals surface area contributed by atoms with Crippen LogP contribution in [0.4, 0.5) is 10.5 Å². The minimum Gasteiger partial charge on any atom is -0.497 e. The molecule has 1 aliphatic rings. The molecule has 3 rings (SSSR count). The molecule has 1 aromatic carbocycles. The predicted molar refractivity (Wildman–Crippen MR) is 92.8 cm³/mol. The number of carbonyl (C=O) groups is 1. The molecule has 5 heteroatoms. The van der Waals surface area contributed by atoms with Crippen molar-refractivity contribution in [1.29, 1.82) is 0 Å². The van der Waals surface area contributed by atoms with Crippen molar-refractivity contribution >= 4 is 23.4 Å². The van der Waals surface area contributed by atoms with Gasteiger partial charge >= 0.3 is 6.09 Å². The number of rotatable bonds is 3. The Bertz CT molecular complexity index is 784. The molecule has 0 unspecified atom stereocenters. The van der Waals surface area contributed by atoms with Crippen LogP contribution < -0.4 is 9.64 Å². The van der Waals surface area contributed by atoms with E-state index >= 15 is 0 Å². The molecular formula is C19H19NO4. The third kappa shape index (κ3) is 3.20. The van der Waals surface area contributed by atoms with Gasteiger partial charge in [-0.15, -0.1) is 0 Å². The van der Waals surface area contributed by atoms with E-state index in [9.17, 15) is 4.79 Å². The maximum atomic E-state index is 12.2. The highest BCUT2D eigenvalue weighted by atomic mass is 16.6. The quantitative estimate of drug-likeness (QED) is 0.820. The lowest BCUT2D eigenvalue weighted by Crippen LogP contribution is -2.29. The zero-order chi connectivity index (χ0) is 17.1. The number of fused-ring (bicyclic) bond motifs is 1. The van der Waals surface area contributed by atoms with Gasteiger partial charge in [-0.1, -0.05) is 12.1 Å². The van der Waals surface area contributed by atoms with Gasteiger partial charge in [-0.05, 0) is 43.7 Å². The van der Waals surface area contributed by atoms with Crippen LogP contribution in [0.2, 0.25) is 0 Å². The van der Waals surface area contributed by atoms with Crippen LogP contribution >= 0.6 is 0 Å². The molecule has 0 radical (unpaired) electrons. The zero-order valence-electron chi connectivity index (χ0n) is 13.9. The van der Waals surface area contributed by atoms with E-state index < -0.39 is 6.09 Å². The second-order valence-electron chi connectivity index (χ2n) is 5.63. The van der Waals surface area contributed by atoms with E-state index in [2.05, 4.69) is 0 Å². The van der Waals surface area contributed by atoms with Crippen LogP contribution in [-0.2, 0) is 4.74 Å². The number of furan rings is 1. The molecule has 0 saturated heterocycles. The van der Waals surface area contributed by atoms with Gasteiger partial charge in [0.05, 0.1) is 25.2 Å². The fourth-order valence-corrected chi connectivity index (χ4v) is 2.43. The van der Waals surface area contributed by atoms with Crippen molar-refractivity contribution < 1.29 is 18.7 Å². The molecule has 124 valence electrons. The Morgan fingerprint density at radius 1 is 1.21 bits per heavy atom. The molecular weight excluding hydrogens is 306 g/mol. The molecule has 1 amide bonds. The van der Waals surface area contributed by atoms with Gasteiger partial charge in [0.15, 0.2) is 5.76 Å². The van der Waals surface area contributed by atoms with Gasteiger partial charge < -0.3 is 13.9 Å². The van der Waals surface area contributed by atoms with Gasteiger partial charge in [-0.3, -0.25) is 0 Å². The highest BCUT2D eigenvalue weighted by Gasteiger charge is 2.25. The third-order valence-corrected chi connectivity index (χ3v) is 3.54. The second kappa shape index (κ2) is 6.66. The molecule has 0 saturated carbocycles. The minimum absolute atomic E-state index is 0.183. The van der Waals surface area contributed by atoms with Crippen LogP contribution in [-0.4, -0.2) is 19.3 Å². The molecule has 0 fully saturated rings. The first-order valence-corrected chi connectivity index (χ1v) is 7.70. The van der Waals surface area contributed by atoms with Crippen molar-refractivity contribution in [2.45, 2.75) is 20.0 Å². The number of nitrogens with zero attached hydrogens (tertiary/aromatic N) is 1. The Balaban J connectivity index is 1.90. The molecule has 24 heavy (non-hydrogen) atoms. The number of hydrogen-bond donors (Lipinski definition) is 0. The summed E-state index contributed by atoms with van der Waals surface area (Å²) in [6, 6.07) is 9.47. The normalized spacial score (nSPS) is 14.8. The largest absolute Gasteiger partial charge is 0.497 e. The Morgan fingerprint density at radius 2 is 1.96 bits per heavy atom. The monoisotopic (exact) mass is 325 g/mol. The standard InChI is InChI=1S/C19H19NO4/c1-13(2)24-19(21)20-10-8-15(18-17(20)9-11-23-18)12-14-4-6-16(22-3)7-5-14/h4-13H,1-3H3/b15-12+. The van der Waals surface area contributed by atoms with Gasteiger partial charge in [0, 0.05) is 17.8 Å². The summed E-state index contributed by atoms with van der Waals surface area (Å²) in [5, 5.41) is 0. The highest BCUT2D eigenvalue weighted by molar-refractivity contribution is 6.00. The number of ether oxygens (including phenoxy) is 2. The fourth-order valence-electron chi connectivity index (χ4n) is 2.43. The van der Waals surface area contributed by atoms with Crippen molar-refractivity contribution in [3.8, 4) is 5.75 Å². The number of anilines is 1. The highest BCUT2D eigenvalue weighted by Crippen LogP contribution is 2.35. The van der Waals surface area contributed by atoms with Crippen molar-refractivity contribution in [3.63, 3.8) is 0 Å². The van der Waals surface area contributed by atoms with Gasteiger partial charge in [0.25, 0.3) is 0 Å². The average molecular weight is 325 g/mol. The smallest absolute Gasteiger partial charge is 0.418 e. The van der Waals surface area contributed by atoms with Crippen LogP contribution in [0.15, 0.2) is 53.3 Å². The predicted octanol–water partition coefficient (Wildman–Crippen LogP) is 4.71. The summed E-state index contributed by atoms with van der Waals surface area (Å²) < 4.78 is 16.0. The number of carbonyl (C=O) groups excluding carboxylic acids is 1. The Kier molecular flexibility index (Phi) is 4.42. The van der Waals surface area contributed by atoms with Crippen LogP contribution in [0.3, 0.4) is 0 Å². The van der Waals surface area contributed by atoms with E-state index in [0.29, 0.717) is 11.4 Å². The van der Waals surface area contributed by atoms with E-state index in [1.807, 2.05) is 50.3 Å². The van der Waals surface area contributed by atoms with Gasteiger partial charge in [-0.2, -0.15) is 0 Å². The first-order valence-electron chi connectivity index (χ1n) is 7.70. The van der Waals surface area contributed by atoms with Crippen LogP contribution in [0.5, 0.6) is 5.75 Å². The molecule has 2 heterocycles. The summed E-state index contributed by atoms with van der Waals surface area (Å²) in [7, 11) is 1.64. The van der Waals surface area contributed by atoms with Crippen molar-refractivity contribution in [2.24, 2.45) is 0 Å². The average Bonchev–Trinajstić information content (AvgIpc) is 3.05. The maximum Gasteiger partial charge on any atom is 0.418 e. The first kappa shape index (κ1) is 15.9. The van der Waals surface area contributed by atoms with Crippen molar-refractivity contribution in [3.05, 3.63) is 60.2 Å². The van der Waals surface area contributed by atoms with Crippen LogP contribution in [0, 0.1) is 0 Å². The molecule has 0 bridgehead atoms. The molecule has 5 nitrogen and oxygen atoms in total. The van der Waals surface area contributed by atoms with E-state index in [-0.39, 0.29) is 6.10 Å². The second-order valence-corrected chi connectivity index (χ2v) is 5.63. The van der Waals surface area contributed by atoms with E-state index in [1.165, 1.54) is 4.90 Å². The van der Waals surface area contributed by atoms with E-state index in [1.54, 1.807) is 25.6 Å². The summed E-state index contributed by atoms with van der Waals surface area (Å²) >= 11 is 0. The summed E-state index contributed by atoms with van der Waals surface area (Å²) in [6.45, 7) is 3.63. The van der Waals surface area contributed by atoms with Crippen molar-refractivity contribution in [1.82, 2.24) is 0 Å². The molecule has 1 aliphatic heterocycles. The lowest BCUT2D eigenvalue weighted by molar-refractivity contribution is 0.124. The topological polar surface area (TPSA) is 51.9 Å². The fraction of sp³-hybridized carbons (Fsp3) is 0.211. The lowest BCUT2D eigenvalue weighted by Gasteiger charge is -2.22. The van der Waals surface area contributed by atoms with E-state index in [4.69, 9.17) is 13.9 Å². The molecule has 0 aliphatic carbocycles. The maximum absolute atomic E-state index is 12.2. The number of benzene rings is 1. The Morgan fingerprint density at radius 3 is 2.62 bits per heavy atom. The van der Waals surface area contributed by atoms with Gasteiger partial charge in [0.1, 0.15) is 5.75 Å². The third-order valence-electron chi connectivity index (χ3n) is 3.54. The lowest BCUT2D eigenvalue weighted by atomic mass is 10.1. The molecule has 0 spiro atoms. The van der Waals surface area contributed by atoms with Gasteiger partial charge in [-0.25, -0.2) is 9.69 Å². The number of hydrogen-bond acceptors (Lipinski definition) is 4. The summed E-state index contributed by atoms with van der Waals surface area (Å²) in [6.07, 6.45) is 6.47. The Labute approximate surface area is 140 Å². The zero-order valence-corrected chi connectivity index (χ0v) is 13.9. The van der Waals surface area contributed by atoms with Crippen LogP contribution in [0.1, 0.15) is 25.2 Å². The van der Waals surface area contributed by atoms with Gasteiger partial charge in [0.2, 0.25) is 0 Å². The molecule has 0 N–H and O–H groups in total. The first-order chi connectivity index (χ1) is 11.6.